The molecule has 0 fully saturated rings. The predicted octanol–water partition coefficient (Wildman–Crippen LogP) is 3.06. The van der Waals surface area contributed by atoms with Crippen molar-refractivity contribution in [2.45, 2.75) is 19.3 Å². The van der Waals surface area contributed by atoms with Crippen molar-refractivity contribution in [2.75, 3.05) is 0 Å². The Hall–Kier alpha value is -1.09. The Bertz CT molecular complexity index is 374. The molecule has 1 aromatic carbocycles. The minimum Gasteiger partial charge on any atom is -0.366 e. The molecule has 1 rings (SSSR count). The normalized spacial score (nSPS) is 9.93. The highest BCUT2D eigenvalue weighted by Gasteiger charge is 2.10. The number of unbranched alkanes of at least 4 members (excludes halogenated alkanes) is 1. The van der Waals surface area contributed by atoms with Crippen LogP contribution in [0.25, 0.3) is 0 Å². The number of carbonyl (C=O) groups excluding carboxylic acids is 1. The number of hydrogen-bond acceptors (Lipinski definition) is 1. The lowest BCUT2D eigenvalue weighted by Crippen LogP contribution is -2.14. The van der Waals surface area contributed by atoms with Gasteiger partial charge >= 0.3 is 0 Å². The van der Waals surface area contributed by atoms with Gasteiger partial charge in [-0.25, -0.2) is 0 Å². The first-order valence-electron chi connectivity index (χ1n) is 4.85. The number of carbonyl (C=O) groups is 1. The molecule has 0 aliphatic heterocycles. The smallest absolute Gasteiger partial charge is 0.250 e. The van der Waals surface area contributed by atoms with Gasteiger partial charge in [0.2, 0.25) is 5.91 Å². The molecule has 80 valence electrons. The van der Waals surface area contributed by atoms with Crippen molar-refractivity contribution >= 4 is 21.8 Å². The molecular formula is C12H14BrNO. The fourth-order valence-corrected chi connectivity index (χ4v) is 2.09. The number of nitrogens with two attached hydrogens (primary N) is 1. The summed E-state index contributed by atoms with van der Waals surface area (Å²) in [5.74, 6) is -0.379. The molecule has 15 heavy (non-hydrogen) atoms. The van der Waals surface area contributed by atoms with Crippen LogP contribution < -0.4 is 5.73 Å². The highest BCUT2D eigenvalue weighted by atomic mass is 79.9. The summed E-state index contributed by atoms with van der Waals surface area (Å²) in [5.41, 5.74) is 6.93. The summed E-state index contributed by atoms with van der Waals surface area (Å²) in [6.07, 6.45) is 4.66. The van der Waals surface area contributed by atoms with Crippen molar-refractivity contribution in [3.63, 3.8) is 0 Å². The Kier molecular flexibility index (Phi) is 4.56. The van der Waals surface area contributed by atoms with Crippen molar-refractivity contribution in [1.29, 1.82) is 0 Å². The van der Waals surface area contributed by atoms with Gasteiger partial charge in [0.1, 0.15) is 0 Å². The van der Waals surface area contributed by atoms with Crippen LogP contribution in [0.1, 0.15) is 28.8 Å². The standard InChI is InChI=1S/C12H14BrNO/c1-2-3-4-6-9-7-5-8-10(13)11(9)12(14)15/h2,5,7-8H,1,3-4,6H2,(H2,14,15). The zero-order chi connectivity index (χ0) is 11.3. The van der Waals surface area contributed by atoms with E-state index in [2.05, 4.69) is 22.5 Å². The first kappa shape index (κ1) is 12.0. The number of primary amides is 1. The average molecular weight is 268 g/mol. The predicted molar refractivity (Wildman–Crippen MR) is 65.8 cm³/mol. The van der Waals surface area contributed by atoms with Gasteiger partial charge in [-0.05, 0) is 46.8 Å². The summed E-state index contributed by atoms with van der Waals surface area (Å²) >= 11 is 3.34. The lowest BCUT2D eigenvalue weighted by molar-refractivity contribution is 0.0998. The van der Waals surface area contributed by atoms with Crippen LogP contribution in [0.3, 0.4) is 0 Å². The summed E-state index contributed by atoms with van der Waals surface area (Å²) in [6.45, 7) is 3.67. The molecule has 0 aliphatic carbocycles. The molecule has 0 saturated carbocycles. The molecule has 0 atom stereocenters. The molecule has 0 bridgehead atoms. The van der Waals surface area contributed by atoms with E-state index in [1.165, 1.54) is 0 Å². The van der Waals surface area contributed by atoms with Crippen LogP contribution in [0.2, 0.25) is 0 Å². The largest absolute Gasteiger partial charge is 0.366 e. The third-order valence-electron chi connectivity index (χ3n) is 2.20. The van der Waals surface area contributed by atoms with Crippen molar-refractivity contribution in [3.05, 3.63) is 46.5 Å². The van der Waals surface area contributed by atoms with Crippen molar-refractivity contribution in [1.82, 2.24) is 0 Å². The molecule has 0 aliphatic rings. The van der Waals surface area contributed by atoms with E-state index in [-0.39, 0.29) is 5.91 Å². The first-order chi connectivity index (χ1) is 7.16. The molecule has 2 N–H and O–H groups in total. The van der Waals surface area contributed by atoms with Gasteiger partial charge in [0.15, 0.2) is 0 Å². The van der Waals surface area contributed by atoms with Crippen LogP contribution in [0.5, 0.6) is 0 Å². The number of hydrogen-bond donors (Lipinski definition) is 1. The molecule has 2 nitrogen and oxygen atoms in total. The maximum absolute atomic E-state index is 11.2. The number of allylic oxidation sites excluding steroid dienone is 1. The molecule has 1 amide bonds. The lowest BCUT2D eigenvalue weighted by atomic mass is 10.0. The molecule has 0 saturated heterocycles. The number of aryl methyl sites for hydroxylation is 1. The molecule has 1 aromatic rings. The Labute approximate surface area is 98.3 Å². The lowest BCUT2D eigenvalue weighted by Gasteiger charge is -2.07. The van der Waals surface area contributed by atoms with E-state index in [0.717, 1.165) is 29.3 Å². The van der Waals surface area contributed by atoms with E-state index in [1.807, 2.05) is 24.3 Å². The van der Waals surface area contributed by atoms with Gasteiger partial charge in [-0.15, -0.1) is 6.58 Å². The third kappa shape index (κ3) is 3.20. The highest BCUT2D eigenvalue weighted by molar-refractivity contribution is 9.10. The first-order valence-corrected chi connectivity index (χ1v) is 5.64. The summed E-state index contributed by atoms with van der Waals surface area (Å²) in [7, 11) is 0. The zero-order valence-electron chi connectivity index (χ0n) is 8.50. The number of halogens is 1. The zero-order valence-corrected chi connectivity index (χ0v) is 10.1. The quantitative estimate of drug-likeness (QED) is 0.647. The molecule has 3 heteroatoms. The van der Waals surface area contributed by atoms with Gasteiger partial charge in [0, 0.05) is 4.47 Å². The maximum Gasteiger partial charge on any atom is 0.250 e. The van der Waals surface area contributed by atoms with Gasteiger partial charge in [-0.1, -0.05) is 18.2 Å². The van der Waals surface area contributed by atoms with E-state index in [0.29, 0.717) is 5.56 Å². The van der Waals surface area contributed by atoms with Gasteiger partial charge in [-0.2, -0.15) is 0 Å². The van der Waals surface area contributed by atoms with Crippen molar-refractivity contribution in [2.24, 2.45) is 5.73 Å². The fourth-order valence-electron chi connectivity index (χ4n) is 1.49. The number of rotatable bonds is 5. The fraction of sp³-hybridized carbons (Fsp3) is 0.250. The molecular weight excluding hydrogens is 254 g/mol. The molecule has 0 unspecified atom stereocenters. The SMILES string of the molecule is C=CCCCc1cccc(Br)c1C(N)=O. The van der Waals surface area contributed by atoms with E-state index in [1.54, 1.807) is 0 Å². The van der Waals surface area contributed by atoms with E-state index in [9.17, 15) is 4.79 Å². The van der Waals surface area contributed by atoms with E-state index < -0.39 is 0 Å². The second-order valence-corrected chi connectivity index (χ2v) is 4.17. The second kappa shape index (κ2) is 5.71. The van der Waals surface area contributed by atoms with Crippen LogP contribution in [0, 0.1) is 0 Å². The Morgan fingerprint density at radius 1 is 1.53 bits per heavy atom. The number of amides is 1. The molecule has 0 heterocycles. The van der Waals surface area contributed by atoms with Crippen LogP contribution in [-0.4, -0.2) is 5.91 Å². The van der Waals surface area contributed by atoms with Gasteiger partial charge in [0.25, 0.3) is 0 Å². The molecule has 0 aromatic heterocycles. The van der Waals surface area contributed by atoms with Gasteiger partial charge < -0.3 is 5.73 Å². The summed E-state index contributed by atoms with van der Waals surface area (Å²) < 4.78 is 0.770. The second-order valence-electron chi connectivity index (χ2n) is 3.32. The summed E-state index contributed by atoms with van der Waals surface area (Å²) in [4.78, 5) is 11.2. The Balaban J connectivity index is 2.90. The van der Waals surface area contributed by atoms with Crippen LogP contribution in [-0.2, 0) is 6.42 Å². The topological polar surface area (TPSA) is 43.1 Å². The Morgan fingerprint density at radius 3 is 2.87 bits per heavy atom. The van der Waals surface area contributed by atoms with Crippen molar-refractivity contribution in [3.8, 4) is 0 Å². The number of benzene rings is 1. The monoisotopic (exact) mass is 267 g/mol. The van der Waals surface area contributed by atoms with Crippen LogP contribution in [0.4, 0.5) is 0 Å². The summed E-state index contributed by atoms with van der Waals surface area (Å²) in [5, 5.41) is 0. The van der Waals surface area contributed by atoms with Crippen LogP contribution >= 0.6 is 15.9 Å². The highest BCUT2D eigenvalue weighted by Crippen LogP contribution is 2.21. The third-order valence-corrected chi connectivity index (χ3v) is 2.86. The van der Waals surface area contributed by atoms with E-state index in [4.69, 9.17) is 5.73 Å². The van der Waals surface area contributed by atoms with E-state index >= 15 is 0 Å². The minimum atomic E-state index is -0.379. The van der Waals surface area contributed by atoms with Gasteiger partial charge in [0.05, 0.1) is 5.56 Å². The van der Waals surface area contributed by atoms with Gasteiger partial charge in [-0.3, -0.25) is 4.79 Å². The molecule has 0 radical (unpaired) electrons. The van der Waals surface area contributed by atoms with Crippen LogP contribution in [0.15, 0.2) is 35.3 Å². The minimum absolute atomic E-state index is 0.379. The summed E-state index contributed by atoms with van der Waals surface area (Å²) in [6, 6.07) is 5.69. The molecule has 0 spiro atoms. The average Bonchev–Trinajstić information content (AvgIpc) is 2.17. The Morgan fingerprint density at radius 2 is 2.27 bits per heavy atom. The van der Waals surface area contributed by atoms with Crippen molar-refractivity contribution < 1.29 is 4.79 Å². The maximum atomic E-state index is 11.2.